The maximum Gasteiger partial charge on any atom is 0.322 e. The Morgan fingerprint density at radius 3 is 2.70 bits per heavy atom. The Balaban J connectivity index is 2.53. The van der Waals surface area contributed by atoms with Crippen LogP contribution in [0.4, 0.5) is 0 Å². The van der Waals surface area contributed by atoms with Gasteiger partial charge in [0.2, 0.25) is 10.0 Å². The number of carbonyl (C=O) groups excluding carboxylic acids is 1. The summed E-state index contributed by atoms with van der Waals surface area (Å²) in [5, 5.41) is 9.41. The van der Waals surface area contributed by atoms with Crippen molar-refractivity contribution < 1.29 is 17.9 Å². The van der Waals surface area contributed by atoms with Crippen LogP contribution in [0.25, 0.3) is 6.08 Å². The van der Waals surface area contributed by atoms with Crippen molar-refractivity contribution in [2.24, 2.45) is 0 Å². The number of carbonyl (C=O) groups is 1. The summed E-state index contributed by atoms with van der Waals surface area (Å²) in [4.78, 5) is 11.2. The highest BCUT2D eigenvalue weighted by Crippen LogP contribution is 2.02. The molecule has 0 spiro atoms. The summed E-state index contributed by atoms with van der Waals surface area (Å²) >= 11 is 0. The lowest BCUT2D eigenvalue weighted by atomic mass is 10.2. The minimum Gasteiger partial charge on any atom is -0.446 e. The molecule has 0 saturated heterocycles. The lowest BCUT2D eigenvalue weighted by Gasteiger charge is -2.06. The Morgan fingerprint density at radius 2 is 2.10 bits per heavy atom. The number of nitrogens with one attached hydrogen (secondary N) is 1. The van der Waals surface area contributed by atoms with Crippen molar-refractivity contribution in [2.45, 2.75) is 13.0 Å². The molecule has 1 atom stereocenters. The molecule has 7 heteroatoms. The van der Waals surface area contributed by atoms with Gasteiger partial charge < -0.3 is 4.74 Å². The maximum atomic E-state index is 11.6. The van der Waals surface area contributed by atoms with Gasteiger partial charge in [0.05, 0.1) is 0 Å². The number of hydrogen-bond donors (Lipinski definition) is 1. The first kappa shape index (κ1) is 15.9. The summed E-state index contributed by atoms with van der Waals surface area (Å²) in [6.07, 6.45) is 0.498. The molecular weight excluding hydrogens is 280 g/mol. The van der Waals surface area contributed by atoms with Crippen LogP contribution >= 0.6 is 0 Å². The second kappa shape index (κ2) is 7.43. The highest BCUT2D eigenvalue weighted by molar-refractivity contribution is 7.92. The van der Waals surface area contributed by atoms with Gasteiger partial charge in [0, 0.05) is 5.41 Å². The fourth-order valence-electron chi connectivity index (χ4n) is 1.21. The van der Waals surface area contributed by atoms with Crippen molar-refractivity contribution in [3.05, 3.63) is 41.3 Å². The molecule has 0 amide bonds. The van der Waals surface area contributed by atoms with Crippen molar-refractivity contribution in [1.82, 2.24) is 4.72 Å². The van der Waals surface area contributed by atoms with Crippen molar-refractivity contribution >= 4 is 22.1 Å². The van der Waals surface area contributed by atoms with Crippen molar-refractivity contribution in [1.29, 1.82) is 5.26 Å². The number of benzene rings is 1. The molecule has 6 nitrogen and oxygen atoms in total. The number of hydrogen-bond acceptors (Lipinski definition) is 5. The molecule has 1 aromatic rings. The van der Waals surface area contributed by atoms with Gasteiger partial charge in [-0.05, 0) is 18.6 Å². The van der Waals surface area contributed by atoms with Gasteiger partial charge in [-0.2, -0.15) is 5.26 Å². The third-order valence-corrected chi connectivity index (χ3v) is 3.19. The van der Waals surface area contributed by atoms with Crippen LogP contribution in [0.1, 0.15) is 12.5 Å². The molecule has 0 radical (unpaired) electrons. The Morgan fingerprint density at radius 1 is 1.45 bits per heavy atom. The topological polar surface area (TPSA) is 96.3 Å². The number of ether oxygens (including phenoxy) is 1. The maximum absolute atomic E-state index is 11.6. The van der Waals surface area contributed by atoms with Gasteiger partial charge in [-0.3, -0.25) is 4.79 Å². The summed E-state index contributed by atoms with van der Waals surface area (Å²) in [6.45, 7) is 0.870. The predicted octanol–water partition coefficient (Wildman–Crippen LogP) is 1.03. The first-order valence-electron chi connectivity index (χ1n) is 5.75. The number of nitrogens with zero attached hydrogens (tertiary/aromatic N) is 1. The molecule has 20 heavy (non-hydrogen) atoms. The zero-order valence-corrected chi connectivity index (χ0v) is 11.6. The molecule has 0 bridgehead atoms. The fourth-order valence-corrected chi connectivity index (χ4v) is 1.96. The standard InChI is InChI=1S/C13H14N2O4S/c1-11(9-14)19-13(16)10-15-20(17,18)8-7-12-5-3-2-4-6-12/h2-8,11,15H,10H2,1H3/b8-7+/t11-/m1/s1. The molecular formula is C13H14N2O4S. The molecule has 0 saturated carbocycles. The highest BCUT2D eigenvalue weighted by atomic mass is 32.2. The van der Waals surface area contributed by atoms with E-state index in [9.17, 15) is 13.2 Å². The fraction of sp³-hybridized carbons (Fsp3) is 0.231. The molecule has 106 valence electrons. The summed E-state index contributed by atoms with van der Waals surface area (Å²) < 4.78 is 29.9. The largest absolute Gasteiger partial charge is 0.446 e. The van der Waals surface area contributed by atoms with Crippen LogP contribution in [0.5, 0.6) is 0 Å². The molecule has 1 rings (SSSR count). The van der Waals surface area contributed by atoms with Gasteiger partial charge in [-0.25, -0.2) is 13.1 Å². The van der Waals surface area contributed by atoms with Crippen LogP contribution in [-0.4, -0.2) is 27.0 Å². The first-order chi connectivity index (χ1) is 9.43. The van der Waals surface area contributed by atoms with Crippen LogP contribution in [0, 0.1) is 11.3 Å². The molecule has 0 aliphatic carbocycles. The van der Waals surface area contributed by atoms with E-state index in [-0.39, 0.29) is 0 Å². The minimum atomic E-state index is -3.73. The van der Waals surface area contributed by atoms with E-state index in [1.807, 2.05) is 6.07 Å². The third kappa shape index (κ3) is 6.13. The quantitative estimate of drug-likeness (QED) is 0.790. The van der Waals surface area contributed by atoms with Gasteiger partial charge in [0.25, 0.3) is 0 Å². The normalized spacial score (nSPS) is 12.8. The first-order valence-corrected chi connectivity index (χ1v) is 7.29. The molecule has 1 N–H and O–H groups in total. The smallest absolute Gasteiger partial charge is 0.322 e. The van der Waals surface area contributed by atoms with Crippen LogP contribution in [0.3, 0.4) is 0 Å². The number of nitriles is 1. The highest BCUT2D eigenvalue weighted by Gasteiger charge is 2.12. The van der Waals surface area contributed by atoms with Gasteiger partial charge in [-0.1, -0.05) is 30.3 Å². The van der Waals surface area contributed by atoms with Crippen LogP contribution in [-0.2, 0) is 19.6 Å². The predicted molar refractivity (Wildman–Crippen MR) is 73.6 cm³/mol. The van der Waals surface area contributed by atoms with Gasteiger partial charge >= 0.3 is 5.97 Å². The van der Waals surface area contributed by atoms with Crippen LogP contribution in [0.2, 0.25) is 0 Å². The molecule has 0 aliphatic rings. The van der Waals surface area contributed by atoms with Crippen LogP contribution < -0.4 is 4.72 Å². The summed E-state index contributed by atoms with van der Waals surface area (Å²) in [6, 6.07) is 10.6. The lowest BCUT2D eigenvalue weighted by molar-refractivity contribution is -0.144. The Bertz CT molecular complexity index is 618. The van der Waals surface area contributed by atoms with Crippen molar-refractivity contribution in [3.8, 4) is 6.07 Å². The monoisotopic (exact) mass is 294 g/mol. The molecule has 1 aromatic carbocycles. The van der Waals surface area contributed by atoms with Crippen LogP contribution in [0.15, 0.2) is 35.7 Å². The zero-order chi connectivity index (χ0) is 15.0. The van der Waals surface area contributed by atoms with E-state index in [1.165, 1.54) is 13.0 Å². The second-order valence-corrected chi connectivity index (χ2v) is 5.49. The van der Waals surface area contributed by atoms with E-state index in [0.717, 1.165) is 11.0 Å². The molecule has 0 unspecified atom stereocenters. The van der Waals surface area contributed by atoms with E-state index in [0.29, 0.717) is 0 Å². The average molecular weight is 294 g/mol. The van der Waals surface area contributed by atoms with E-state index in [2.05, 4.69) is 9.46 Å². The van der Waals surface area contributed by atoms with E-state index in [1.54, 1.807) is 30.3 Å². The summed E-state index contributed by atoms with van der Waals surface area (Å²) in [5.74, 6) is -0.810. The molecule has 0 heterocycles. The van der Waals surface area contributed by atoms with E-state index in [4.69, 9.17) is 5.26 Å². The number of rotatable bonds is 6. The second-order valence-electron chi connectivity index (χ2n) is 3.84. The van der Waals surface area contributed by atoms with E-state index >= 15 is 0 Å². The molecule has 0 aromatic heterocycles. The lowest BCUT2D eigenvalue weighted by Crippen LogP contribution is -2.30. The van der Waals surface area contributed by atoms with Gasteiger partial charge in [0.15, 0.2) is 6.10 Å². The van der Waals surface area contributed by atoms with Crippen molar-refractivity contribution in [3.63, 3.8) is 0 Å². The van der Waals surface area contributed by atoms with E-state index < -0.39 is 28.6 Å². The Labute approximate surface area is 117 Å². The number of esters is 1. The summed E-state index contributed by atoms with van der Waals surface area (Å²) in [7, 11) is -3.73. The SMILES string of the molecule is C[C@H](C#N)OC(=O)CNS(=O)(=O)/C=C/c1ccccc1. The zero-order valence-electron chi connectivity index (χ0n) is 10.8. The number of sulfonamides is 1. The summed E-state index contributed by atoms with van der Waals surface area (Å²) in [5.41, 5.74) is 0.721. The van der Waals surface area contributed by atoms with Gasteiger partial charge in [-0.15, -0.1) is 0 Å². The molecule has 0 fully saturated rings. The Kier molecular flexibility index (Phi) is 5.90. The molecule has 0 aliphatic heterocycles. The van der Waals surface area contributed by atoms with Gasteiger partial charge in [0.1, 0.15) is 12.6 Å². The van der Waals surface area contributed by atoms with Crippen molar-refractivity contribution in [2.75, 3.05) is 6.54 Å². The average Bonchev–Trinajstić information content (AvgIpc) is 2.44. The third-order valence-electron chi connectivity index (χ3n) is 2.15. The Hall–Kier alpha value is -2.17. The minimum absolute atomic E-state index is 0.520.